The molecule has 2 aromatic carbocycles. The van der Waals surface area contributed by atoms with E-state index in [0.717, 1.165) is 0 Å². The summed E-state index contributed by atoms with van der Waals surface area (Å²) in [7, 11) is 0. The number of benzene rings is 2. The Morgan fingerprint density at radius 1 is 0.900 bits per heavy atom. The zero-order valence-electron chi connectivity index (χ0n) is 16.3. The summed E-state index contributed by atoms with van der Waals surface area (Å²) in [6.07, 6.45) is 1.75. The first kappa shape index (κ1) is 19.2. The molecule has 150 valence electrons. The number of amides is 2. The lowest BCUT2D eigenvalue weighted by Gasteiger charge is -2.12. The van der Waals surface area contributed by atoms with Gasteiger partial charge in [-0.05, 0) is 37.3 Å². The van der Waals surface area contributed by atoms with Crippen LogP contribution in [0.4, 0.5) is 0 Å². The van der Waals surface area contributed by atoms with Crippen LogP contribution in [0.1, 0.15) is 32.1 Å². The van der Waals surface area contributed by atoms with Crippen LogP contribution in [-0.4, -0.2) is 21.2 Å². The molecule has 0 unspecified atom stereocenters. The molecule has 2 N–H and O–H groups in total. The Bertz CT molecular complexity index is 1200. The zero-order chi connectivity index (χ0) is 20.9. The number of carbonyl (C=O) groups excluding carboxylic acids is 2. The van der Waals surface area contributed by atoms with Crippen molar-refractivity contribution < 1.29 is 14.3 Å². The average molecular weight is 400 g/mol. The van der Waals surface area contributed by atoms with Gasteiger partial charge in [-0.1, -0.05) is 42.5 Å². The maximum Gasteiger partial charge on any atom is 0.288 e. The number of fused-ring (bicyclic) bond motifs is 1. The third kappa shape index (κ3) is 4.00. The molecule has 0 radical (unpaired) electrons. The molecule has 0 saturated carbocycles. The van der Waals surface area contributed by atoms with Gasteiger partial charge in [0.25, 0.3) is 11.8 Å². The second-order valence-corrected chi connectivity index (χ2v) is 6.64. The highest BCUT2D eigenvalue weighted by atomic mass is 16.5. The molecule has 0 fully saturated rings. The molecule has 4 aromatic rings. The highest BCUT2D eigenvalue weighted by Gasteiger charge is 2.18. The van der Waals surface area contributed by atoms with E-state index in [0.29, 0.717) is 33.9 Å². The quantitative estimate of drug-likeness (QED) is 0.504. The summed E-state index contributed by atoms with van der Waals surface area (Å²) >= 11 is 0. The van der Waals surface area contributed by atoms with Gasteiger partial charge in [-0.15, -0.1) is 0 Å². The molecule has 2 heterocycles. The number of aromatic nitrogens is 2. The molecule has 0 spiro atoms. The lowest BCUT2D eigenvalue weighted by atomic mass is 10.1. The van der Waals surface area contributed by atoms with Gasteiger partial charge in [-0.2, -0.15) is 0 Å². The van der Waals surface area contributed by atoms with E-state index in [-0.39, 0.29) is 6.61 Å². The fraction of sp³-hybridized carbons (Fsp3) is 0.0870. The second kappa shape index (κ2) is 8.48. The molecular formula is C23H20N4O3. The van der Waals surface area contributed by atoms with E-state index < -0.39 is 11.8 Å². The standard InChI is InChI=1S/C23H20N4O3/c1-16-21(27-14-8-7-13-20(27)24-16)23(29)26-25-22(28)19-12-6-5-9-17(19)15-30-18-10-3-2-4-11-18/h2-14H,15H2,1H3,(H,25,28)(H,26,29). The fourth-order valence-corrected chi connectivity index (χ4v) is 3.17. The van der Waals surface area contributed by atoms with Crippen LogP contribution < -0.4 is 15.6 Å². The Labute approximate surface area is 173 Å². The second-order valence-electron chi connectivity index (χ2n) is 6.64. The number of hydrazine groups is 1. The Hall–Kier alpha value is -4.13. The summed E-state index contributed by atoms with van der Waals surface area (Å²) < 4.78 is 7.43. The van der Waals surface area contributed by atoms with Crippen molar-refractivity contribution in [2.45, 2.75) is 13.5 Å². The first-order valence-electron chi connectivity index (χ1n) is 9.43. The minimum atomic E-state index is -0.447. The van der Waals surface area contributed by atoms with Crippen LogP contribution in [0, 0.1) is 6.92 Å². The lowest BCUT2D eigenvalue weighted by Crippen LogP contribution is -2.42. The van der Waals surface area contributed by atoms with Gasteiger partial charge < -0.3 is 4.74 Å². The number of carbonyl (C=O) groups is 2. The molecule has 0 saturated heterocycles. The van der Waals surface area contributed by atoms with E-state index in [2.05, 4.69) is 15.8 Å². The van der Waals surface area contributed by atoms with E-state index in [9.17, 15) is 9.59 Å². The third-order valence-electron chi connectivity index (χ3n) is 4.61. The number of nitrogens with one attached hydrogen (secondary N) is 2. The van der Waals surface area contributed by atoms with Crippen molar-refractivity contribution in [3.8, 4) is 5.75 Å². The van der Waals surface area contributed by atoms with Crippen molar-refractivity contribution in [1.82, 2.24) is 20.2 Å². The van der Waals surface area contributed by atoms with E-state index >= 15 is 0 Å². The monoisotopic (exact) mass is 400 g/mol. The molecule has 2 aromatic heterocycles. The summed E-state index contributed by atoms with van der Waals surface area (Å²) in [6.45, 7) is 1.98. The molecule has 4 rings (SSSR count). The third-order valence-corrected chi connectivity index (χ3v) is 4.61. The number of nitrogens with zero attached hydrogens (tertiary/aromatic N) is 2. The van der Waals surface area contributed by atoms with E-state index in [1.54, 1.807) is 29.7 Å². The summed E-state index contributed by atoms with van der Waals surface area (Å²) in [5.74, 6) is -0.163. The van der Waals surface area contributed by atoms with Gasteiger partial charge in [0.2, 0.25) is 0 Å². The Morgan fingerprint density at radius 2 is 1.60 bits per heavy atom. The molecule has 2 amide bonds. The average Bonchev–Trinajstić information content (AvgIpc) is 3.12. The van der Waals surface area contributed by atoms with Crippen molar-refractivity contribution in [3.63, 3.8) is 0 Å². The van der Waals surface area contributed by atoms with Gasteiger partial charge in [0.1, 0.15) is 23.7 Å². The highest BCUT2D eigenvalue weighted by Crippen LogP contribution is 2.15. The molecule has 7 nitrogen and oxygen atoms in total. The Morgan fingerprint density at radius 3 is 2.43 bits per heavy atom. The summed E-state index contributed by atoms with van der Waals surface area (Å²) in [4.78, 5) is 29.7. The number of imidazole rings is 1. The molecule has 0 aliphatic carbocycles. The van der Waals surface area contributed by atoms with Crippen molar-refractivity contribution in [3.05, 3.63) is 102 Å². The summed E-state index contributed by atoms with van der Waals surface area (Å²) in [6, 6.07) is 21.9. The van der Waals surface area contributed by atoms with Crippen LogP contribution >= 0.6 is 0 Å². The summed E-state index contributed by atoms with van der Waals surface area (Å²) in [5, 5.41) is 0. The number of ether oxygens (including phenoxy) is 1. The van der Waals surface area contributed by atoms with Gasteiger partial charge in [-0.3, -0.25) is 24.8 Å². The first-order chi connectivity index (χ1) is 14.6. The Kier molecular flexibility index (Phi) is 5.43. The molecule has 0 aliphatic rings. The van der Waals surface area contributed by atoms with Crippen LogP contribution in [-0.2, 0) is 6.61 Å². The number of hydrogen-bond acceptors (Lipinski definition) is 4. The maximum absolute atomic E-state index is 12.7. The molecule has 7 heteroatoms. The molecule has 30 heavy (non-hydrogen) atoms. The van der Waals surface area contributed by atoms with Gasteiger partial charge in [0.15, 0.2) is 0 Å². The normalized spacial score (nSPS) is 10.6. The SMILES string of the molecule is Cc1nc2ccccn2c1C(=O)NNC(=O)c1ccccc1COc1ccccc1. The van der Waals surface area contributed by atoms with Gasteiger partial charge in [0.05, 0.1) is 5.69 Å². The molecule has 0 bridgehead atoms. The zero-order valence-corrected chi connectivity index (χ0v) is 16.3. The topological polar surface area (TPSA) is 84.7 Å². The van der Waals surface area contributed by atoms with Crippen LogP contribution in [0.5, 0.6) is 5.75 Å². The number of para-hydroxylation sites is 1. The van der Waals surface area contributed by atoms with E-state index in [1.807, 2.05) is 60.7 Å². The van der Waals surface area contributed by atoms with Crippen molar-refractivity contribution in [1.29, 1.82) is 0 Å². The fourth-order valence-electron chi connectivity index (χ4n) is 3.17. The smallest absolute Gasteiger partial charge is 0.288 e. The maximum atomic E-state index is 12.7. The van der Waals surface area contributed by atoms with Gasteiger partial charge >= 0.3 is 0 Å². The van der Waals surface area contributed by atoms with Crippen LogP contribution in [0.25, 0.3) is 5.65 Å². The summed E-state index contributed by atoms with van der Waals surface area (Å²) in [5.41, 5.74) is 7.69. The van der Waals surface area contributed by atoms with E-state index in [4.69, 9.17) is 4.74 Å². The molecule has 0 aliphatic heterocycles. The van der Waals surface area contributed by atoms with Crippen molar-refractivity contribution in [2.75, 3.05) is 0 Å². The minimum absolute atomic E-state index is 0.230. The number of rotatable bonds is 5. The number of hydrogen-bond donors (Lipinski definition) is 2. The molecular weight excluding hydrogens is 380 g/mol. The van der Waals surface area contributed by atoms with E-state index in [1.165, 1.54) is 0 Å². The number of pyridine rings is 1. The van der Waals surface area contributed by atoms with Crippen LogP contribution in [0.2, 0.25) is 0 Å². The molecule has 0 atom stereocenters. The Balaban J connectivity index is 1.45. The predicted molar refractivity (Wildman–Crippen MR) is 112 cm³/mol. The minimum Gasteiger partial charge on any atom is -0.489 e. The number of aryl methyl sites for hydroxylation is 1. The highest BCUT2D eigenvalue weighted by molar-refractivity contribution is 5.99. The lowest BCUT2D eigenvalue weighted by molar-refractivity contribution is 0.0841. The van der Waals surface area contributed by atoms with Crippen LogP contribution in [0.15, 0.2) is 79.0 Å². The van der Waals surface area contributed by atoms with Crippen LogP contribution in [0.3, 0.4) is 0 Å². The van der Waals surface area contributed by atoms with Gasteiger partial charge in [-0.25, -0.2) is 4.98 Å². The van der Waals surface area contributed by atoms with Crippen molar-refractivity contribution >= 4 is 17.5 Å². The van der Waals surface area contributed by atoms with Crippen molar-refractivity contribution in [2.24, 2.45) is 0 Å². The largest absolute Gasteiger partial charge is 0.489 e. The first-order valence-corrected chi connectivity index (χ1v) is 9.43. The van der Waals surface area contributed by atoms with Gasteiger partial charge in [0, 0.05) is 17.3 Å². The predicted octanol–water partition coefficient (Wildman–Crippen LogP) is 3.30.